The Bertz CT molecular complexity index is 1180. The molecule has 11 heteroatoms. The highest BCUT2D eigenvalue weighted by atomic mass is 19.4. The molecule has 7 nitrogen and oxygen atoms in total. The highest BCUT2D eigenvalue weighted by molar-refractivity contribution is 5.94. The van der Waals surface area contributed by atoms with Gasteiger partial charge in [0.25, 0.3) is 5.91 Å². The molecule has 0 unspecified atom stereocenters. The summed E-state index contributed by atoms with van der Waals surface area (Å²) in [7, 11) is 0. The van der Waals surface area contributed by atoms with Crippen molar-refractivity contribution in [2.45, 2.75) is 38.4 Å². The van der Waals surface area contributed by atoms with E-state index in [2.05, 4.69) is 20.9 Å². The van der Waals surface area contributed by atoms with Crippen LogP contribution in [0.5, 0.6) is 0 Å². The molecular formula is C23H21F4N5O2. The molecule has 1 aliphatic carbocycles. The standard InChI is InChI=1S/C23H21F4N5O2/c24-16-8-10-18(11-9-16)32-20(23(25,26)27)19(30-31-32)22(34)28-13-14-4-3-7-17(12-14)29-21(33)15-5-1-2-6-15/h3-4,7-12,15H,1-2,5-6,13H2,(H,28,34)(H,29,33). The highest BCUT2D eigenvalue weighted by Crippen LogP contribution is 2.33. The van der Waals surface area contributed by atoms with E-state index in [0.29, 0.717) is 15.9 Å². The molecule has 4 rings (SSSR count). The lowest BCUT2D eigenvalue weighted by Crippen LogP contribution is -2.27. The van der Waals surface area contributed by atoms with E-state index in [0.717, 1.165) is 49.9 Å². The minimum absolute atomic E-state index is 0.0205. The van der Waals surface area contributed by atoms with Crippen molar-refractivity contribution < 1.29 is 27.2 Å². The number of halogens is 4. The molecule has 0 saturated heterocycles. The summed E-state index contributed by atoms with van der Waals surface area (Å²) >= 11 is 0. The van der Waals surface area contributed by atoms with E-state index in [1.165, 1.54) is 0 Å². The Kier molecular flexibility index (Phi) is 6.62. The molecule has 1 saturated carbocycles. The molecule has 0 bridgehead atoms. The third-order valence-corrected chi connectivity index (χ3v) is 5.60. The Morgan fingerprint density at radius 1 is 1.06 bits per heavy atom. The second kappa shape index (κ2) is 9.62. The molecule has 1 aliphatic rings. The van der Waals surface area contributed by atoms with Crippen LogP contribution in [0, 0.1) is 11.7 Å². The van der Waals surface area contributed by atoms with Crippen LogP contribution in [0.25, 0.3) is 5.69 Å². The van der Waals surface area contributed by atoms with Crippen LogP contribution in [0.2, 0.25) is 0 Å². The van der Waals surface area contributed by atoms with Gasteiger partial charge in [0, 0.05) is 18.2 Å². The number of hydrogen-bond acceptors (Lipinski definition) is 4. The van der Waals surface area contributed by atoms with Crippen LogP contribution in [-0.2, 0) is 17.5 Å². The van der Waals surface area contributed by atoms with Crippen LogP contribution in [0.4, 0.5) is 23.2 Å². The topological polar surface area (TPSA) is 88.9 Å². The Morgan fingerprint density at radius 3 is 2.44 bits per heavy atom. The first-order chi connectivity index (χ1) is 16.2. The number of alkyl halides is 3. The largest absolute Gasteiger partial charge is 0.435 e. The van der Waals surface area contributed by atoms with E-state index in [4.69, 9.17) is 0 Å². The second-order valence-electron chi connectivity index (χ2n) is 8.03. The fourth-order valence-corrected chi connectivity index (χ4v) is 3.91. The number of amides is 2. The van der Waals surface area contributed by atoms with E-state index >= 15 is 0 Å². The summed E-state index contributed by atoms with van der Waals surface area (Å²) < 4.78 is 54.8. The van der Waals surface area contributed by atoms with Crippen molar-refractivity contribution in [2.24, 2.45) is 5.92 Å². The van der Waals surface area contributed by atoms with Gasteiger partial charge in [-0.3, -0.25) is 9.59 Å². The zero-order valence-corrected chi connectivity index (χ0v) is 17.9. The molecule has 178 valence electrons. The summed E-state index contributed by atoms with van der Waals surface area (Å²) in [5.41, 5.74) is -1.23. The highest BCUT2D eigenvalue weighted by Gasteiger charge is 2.42. The molecule has 0 spiro atoms. The van der Waals surface area contributed by atoms with Gasteiger partial charge in [0.15, 0.2) is 11.4 Å². The van der Waals surface area contributed by atoms with Crippen molar-refractivity contribution >= 4 is 17.5 Å². The first kappa shape index (κ1) is 23.4. The lowest BCUT2D eigenvalue weighted by atomic mass is 10.1. The first-order valence-corrected chi connectivity index (χ1v) is 10.7. The van der Waals surface area contributed by atoms with Gasteiger partial charge >= 0.3 is 6.18 Å². The third kappa shape index (κ3) is 5.24. The average molecular weight is 475 g/mol. The van der Waals surface area contributed by atoms with Gasteiger partial charge in [-0.05, 0) is 54.8 Å². The fraction of sp³-hybridized carbons (Fsp3) is 0.304. The Morgan fingerprint density at radius 2 is 1.76 bits per heavy atom. The van der Waals surface area contributed by atoms with Crippen molar-refractivity contribution in [1.29, 1.82) is 0 Å². The molecule has 2 N–H and O–H groups in total. The summed E-state index contributed by atoms with van der Waals surface area (Å²) in [5, 5.41) is 12.1. The summed E-state index contributed by atoms with van der Waals surface area (Å²) in [6.45, 7) is -0.0906. The number of carbonyl (C=O) groups excluding carboxylic acids is 2. The zero-order chi connectivity index (χ0) is 24.3. The first-order valence-electron chi connectivity index (χ1n) is 10.7. The van der Waals surface area contributed by atoms with Gasteiger partial charge in [-0.1, -0.05) is 30.2 Å². The summed E-state index contributed by atoms with van der Waals surface area (Å²) in [6, 6.07) is 10.9. The van der Waals surface area contributed by atoms with E-state index in [1.807, 2.05) is 0 Å². The van der Waals surface area contributed by atoms with Crippen LogP contribution in [-0.4, -0.2) is 26.8 Å². The number of nitrogens with one attached hydrogen (secondary N) is 2. The van der Waals surface area contributed by atoms with Crippen LogP contribution in [0.3, 0.4) is 0 Å². The van der Waals surface area contributed by atoms with E-state index in [9.17, 15) is 27.2 Å². The molecule has 1 heterocycles. The summed E-state index contributed by atoms with van der Waals surface area (Å²) in [6.07, 6.45) is -1.19. The van der Waals surface area contributed by atoms with Gasteiger partial charge < -0.3 is 10.6 Å². The van der Waals surface area contributed by atoms with Crippen molar-refractivity contribution in [3.05, 3.63) is 71.3 Å². The maximum absolute atomic E-state index is 13.7. The number of benzene rings is 2. The minimum atomic E-state index is -4.94. The summed E-state index contributed by atoms with van der Waals surface area (Å²) in [5.74, 6) is -1.78. The maximum atomic E-state index is 13.7. The van der Waals surface area contributed by atoms with Crippen molar-refractivity contribution in [2.75, 3.05) is 5.32 Å². The van der Waals surface area contributed by atoms with Gasteiger partial charge in [0.1, 0.15) is 5.82 Å². The lowest BCUT2D eigenvalue weighted by Gasteiger charge is -2.12. The van der Waals surface area contributed by atoms with Gasteiger partial charge in [-0.25, -0.2) is 9.07 Å². The van der Waals surface area contributed by atoms with Crippen LogP contribution in [0.15, 0.2) is 48.5 Å². The third-order valence-electron chi connectivity index (χ3n) is 5.60. The number of nitrogens with zero attached hydrogens (tertiary/aromatic N) is 3. The van der Waals surface area contributed by atoms with E-state index in [-0.39, 0.29) is 24.1 Å². The van der Waals surface area contributed by atoms with E-state index in [1.54, 1.807) is 24.3 Å². The Hall–Kier alpha value is -3.76. The normalized spacial score (nSPS) is 14.2. The Balaban J connectivity index is 1.48. The molecule has 1 aromatic heterocycles. The second-order valence-corrected chi connectivity index (χ2v) is 8.03. The molecule has 3 aromatic rings. The monoisotopic (exact) mass is 475 g/mol. The molecule has 0 radical (unpaired) electrons. The molecule has 2 aromatic carbocycles. The fourth-order valence-electron chi connectivity index (χ4n) is 3.91. The van der Waals surface area contributed by atoms with Crippen LogP contribution in [0.1, 0.15) is 47.4 Å². The molecule has 1 fully saturated rings. The smallest absolute Gasteiger partial charge is 0.346 e. The minimum Gasteiger partial charge on any atom is -0.346 e. The lowest BCUT2D eigenvalue weighted by molar-refractivity contribution is -0.143. The van der Waals surface area contributed by atoms with Gasteiger partial charge in [-0.15, -0.1) is 5.10 Å². The average Bonchev–Trinajstić information content (AvgIpc) is 3.48. The van der Waals surface area contributed by atoms with Crippen molar-refractivity contribution in [3.8, 4) is 5.69 Å². The van der Waals surface area contributed by atoms with E-state index < -0.39 is 29.3 Å². The molecule has 2 amide bonds. The maximum Gasteiger partial charge on any atom is 0.435 e. The molecule has 0 aliphatic heterocycles. The number of anilines is 1. The van der Waals surface area contributed by atoms with Crippen molar-refractivity contribution in [3.63, 3.8) is 0 Å². The van der Waals surface area contributed by atoms with Crippen LogP contribution < -0.4 is 10.6 Å². The number of carbonyl (C=O) groups is 2. The predicted octanol–water partition coefficient (Wildman–Crippen LogP) is 4.48. The molecular weight excluding hydrogens is 454 g/mol. The van der Waals surface area contributed by atoms with Gasteiger partial charge in [-0.2, -0.15) is 13.2 Å². The Labute approximate surface area is 192 Å². The number of rotatable bonds is 6. The summed E-state index contributed by atoms with van der Waals surface area (Å²) in [4.78, 5) is 24.9. The molecule has 34 heavy (non-hydrogen) atoms. The van der Waals surface area contributed by atoms with Crippen LogP contribution >= 0.6 is 0 Å². The predicted molar refractivity (Wildman–Crippen MR) is 115 cm³/mol. The number of hydrogen-bond donors (Lipinski definition) is 2. The van der Waals surface area contributed by atoms with Gasteiger partial charge in [0.2, 0.25) is 5.91 Å². The SMILES string of the molecule is O=C(NCc1cccc(NC(=O)C2CCCC2)c1)c1nnn(-c2ccc(F)cc2)c1C(F)(F)F. The van der Waals surface area contributed by atoms with Gasteiger partial charge in [0.05, 0.1) is 5.69 Å². The molecule has 0 atom stereocenters. The van der Waals surface area contributed by atoms with Crippen molar-refractivity contribution in [1.82, 2.24) is 20.3 Å². The number of aromatic nitrogens is 3. The zero-order valence-electron chi connectivity index (χ0n) is 17.9. The quantitative estimate of drug-likeness (QED) is 0.515.